The molecule has 0 fully saturated rings. The number of nitrogens with zero attached hydrogens (tertiary/aromatic N) is 1. The molecule has 0 saturated carbocycles. The first-order valence-electron chi connectivity index (χ1n) is 6.49. The number of halogens is 2. The average molecular weight is 375 g/mol. The minimum absolute atomic E-state index is 0.353. The molecular formula is C17H10BrFNO3-. The Morgan fingerprint density at radius 1 is 1.30 bits per heavy atom. The van der Waals surface area contributed by atoms with Gasteiger partial charge < -0.3 is 14.6 Å². The highest BCUT2D eigenvalue weighted by Gasteiger charge is 2.05. The van der Waals surface area contributed by atoms with Crippen molar-refractivity contribution >= 4 is 33.5 Å². The van der Waals surface area contributed by atoms with Gasteiger partial charge in [0.2, 0.25) is 0 Å². The van der Waals surface area contributed by atoms with E-state index in [1.807, 2.05) is 0 Å². The molecule has 0 bridgehead atoms. The Kier molecular flexibility index (Phi) is 5.50. The lowest BCUT2D eigenvalue weighted by atomic mass is 10.0. The Morgan fingerprint density at radius 3 is 2.57 bits per heavy atom. The third kappa shape index (κ3) is 4.66. The van der Waals surface area contributed by atoms with Gasteiger partial charge in [0.1, 0.15) is 18.2 Å². The quantitative estimate of drug-likeness (QED) is 0.595. The lowest BCUT2D eigenvalue weighted by Gasteiger charge is -2.09. The molecule has 0 aliphatic rings. The van der Waals surface area contributed by atoms with Crippen molar-refractivity contribution in [2.75, 3.05) is 6.61 Å². The van der Waals surface area contributed by atoms with Gasteiger partial charge in [-0.15, -0.1) is 0 Å². The standard InChI is InChI=1S/C17H11BrFNO3/c18-15-8-11(1-6-16(15)23-10-17(21)22)7-13(9-20)12-2-4-14(19)5-3-12/h1-8H,10H2,(H,21,22)/p-1/b13-7-. The fourth-order valence-corrected chi connectivity index (χ4v) is 2.35. The van der Waals surface area contributed by atoms with Crippen LogP contribution in [0, 0.1) is 17.1 Å². The van der Waals surface area contributed by atoms with Crippen LogP contribution in [0.15, 0.2) is 46.9 Å². The van der Waals surface area contributed by atoms with Crippen molar-refractivity contribution in [2.45, 2.75) is 0 Å². The van der Waals surface area contributed by atoms with E-state index in [1.54, 1.807) is 24.3 Å². The van der Waals surface area contributed by atoms with Crippen molar-refractivity contribution in [1.82, 2.24) is 0 Å². The van der Waals surface area contributed by atoms with Crippen LogP contribution in [0.2, 0.25) is 0 Å². The van der Waals surface area contributed by atoms with Crippen LogP contribution >= 0.6 is 15.9 Å². The van der Waals surface area contributed by atoms with Gasteiger partial charge in [-0.1, -0.05) is 18.2 Å². The molecule has 0 N–H and O–H groups in total. The van der Waals surface area contributed by atoms with Crippen LogP contribution < -0.4 is 9.84 Å². The highest BCUT2D eigenvalue weighted by atomic mass is 79.9. The molecule has 23 heavy (non-hydrogen) atoms. The number of carbonyl (C=O) groups excluding carboxylic acids is 1. The molecule has 0 amide bonds. The molecule has 0 heterocycles. The first-order chi connectivity index (χ1) is 11.0. The van der Waals surface area contributed by atoms with Crippen LogP contribution in [-0.4, -0.2) is 12.6 Å². The summed E-state index contributed by atoms with van der Waals surface area (Å²) >= 11 is 3.27. The third-order valence-corrected chi connectivity index (χ3v) is 3.51. The summed E-state index contributed by atoms with van der Waals surface area (Å²) in [5.41, 5.74) is 1.68. The van der Waals surface area contributed by atoms with Gasteiger partial charge in [-0.3, -0.25) is 0 Å². The van der Waals surface area contributed by atoms with Gasteiger partial charge in [-0.05, 0) is 57.4 Å². The van der Waals surface area contributed by atoms with Crippen molar-refractivity contribution in [3.05, 3.63) is 63.9 Å². The Morgan fingerprint density at radius 2 is 2.00 bits per heavy atom. The minimum atomic E-state index is -1.32. The van der Waals surface area contributed by atoms with E-state index in [1.165, 1.54) is 24.3 Å². The largest absolute Gasteiger partial charge is 0.546 e. The van der Waals surface area contributed by atoms with E-state index in [2.05, 4.69) is 22.0 Å². The summed E-state index contributed by atoms with van der Waals surface area (Å²) in [6.45, 7) is -0.549. The number of rotatable bonds is 5. The number of allylic oxidation sites excluding steroid dienone is 1. The smallest absolute Gasteiger partial charge is 0.134 e. The third-order valence-electron chi connectivity index (χ3n) is 2.89. The molecule has 0 atom stereocenters. The summed E-state index contributed by atoms with van der Waals surface area (Å²) in [6.07, 6.45) is 1.64. The van der Waals surface area contributed by atoms with Gasteiger partial charge in [0.05, 0.1) is 22.1 Å². The second-order valence-corrected chi connectivity index (χ2v) is 5.38. The molecule has 0 unspecified atom stereocenters. The highest BCUT2D eigenvalue weighted by molar-refractivity contribution is 9.10. The van der Waals surface area contributed by atoms with E-state index in [-0.39, 0.29) is 5.82 Å². The van der Waals surface area contributed by atoms with E-state index < -0.39 is 12.6 Å². The van der Waals surface area contributed by atoms with Crippen molar-refractivity contribution in [2.24, 2.45) is 0 Å². The second kappa shape index (κ2) is 7.56. The number of hydrogen-bond donors (Lipinski definition) is 0. The number of carbonyl (C=O) groups is 1. The second-order valence-electron chi connectivity index (χ2n) is 4.53. The lowest BCUT2D eigenvalue weighted by molar-refractivity contribution is -0.307. The predicted molar refractivity (Wildman–Crippen MR) is 84.5 cm³/mol. The van der Waals surface area contributed by atoms with Crippen LogP contribution in [0.25, 0.3) is 11.6 Å². The fraction of sp³-hybridized carbons (Fsp3) is 0.0588. The van der Waals surface area contributed by atoms with Gasteiger partial charge >= 0.3 is 0 Å². The molecule has 6 heteroatoms. The first kappa shape index (κ1) is 16.7. The zero-order valence-corrected chi connectivity index (χ0v) is 13.3. The van der Waals surface area contributed by atoms with Gasteiger partial charge in [0, 0.05) is 0 Å². The Labute approximate surface area is 140 Å². The number of ether oxygens (including phenoxy) is 1. The lowest BCUT2D eigenvalue weighted by Crippen LogP contribution is -2.29. The van der Waals surface area contributed by atoms with Crippen LogP contribution in [-0.2, 0) is 4.79 Å². The molecule has 0 aromatic heterocycles. The van der Waals surface area contributed by atoms with Crippen LogP contribution in [0.3, 0.4) is 0 Å². The Balaban J connectivity index is 2.27. The molecule has 0 aliphatic heterocycles. The van der Waals surface area contributed by atoms with Crippen LogP contribution in [0.1, 0.15) is 11.1 Å². The molecule has 0 spiro atoms. The summed E-state index contributed by atoms with van der Waals surface area (Å²) in [5, 5.41) is 19.7. The molecule has 0 radical (unpaired) electrons. The first-order valence-corrected chi connectivity index (χ1v) is 7.29. The summed E-state index contributed by atoms with van der Waals surface area (Å²) in [7, 11) is 0. The molecule has 116 valence electrons. The molecular weight excluding hydrogens is 365 g/mol. The molecule has 0 aliphatic carbocycles. The summed E-state index contributed by atoms with van der Waals surface area (Å²) in [6, 6.07) is 12.6. The number of nitriles is 1. The molecule has 4 nitrogen and oxygen atoms in total. The number of carboxylic acid groups (broad SMARTS) is 1. The summed E-state index contributed by atoms with van der Waals surface area (Å²) in [4.78, 5) is 10.4. The molecule has 2 rings (SSSR count). The molecule has 0 saturated heterocycles. The van der Waals surface area contributed by atoms with Crippen LogP contribution in [0.4, 0.5) is 4.39 Å². The maximum atomic E-state index is 12.9. The normalized spacial score (nSPS) is 10.9. The Bertz CT molecular complexity index is 794. The number of hydrogen-bond acceptors (Lipinski definition) is 4. The predicted octanol–water partition coefficient (Wildman–Crippen LogP) is 2.78. The van der Waals surface area contributed by atoms with E-state index in [4.69, 9.17) is 4.74 Å². The van der Waals surface area contributed by atoms with Crippen molar-refractivity contribution in [3.63, 3.8) is 0 Å². The summed E-state index contributed by atoms with van der Waals surface area (Å²) in [5.74, 6) is -1.33. The Hall–Kier alpha value is -2.65. The van der Waals surface area contributed by atoms with Gasteiger partial charge in [-0.25, -0.2) is 4.39 Å². The number of aliphatic carboxylic acids is 1. The van der Waals surface area contributed by atoms with Crippen molar-refractivity contribution in [1.29, 1.82) is 5.26 Å². The highest BCUT2D eigenvalue weighted by Crippen LogP contribution is 2.28. The van der Waals surface area contributed by atoms with Crippen molar-refractivity contribution < 1.29 is 19.0 Å². The van der Waals surface area contributed by atoms with Gasteiger partial charge in [-0.2, -0.15) is 5.26 Å². The molecule has 2 aromatic rings. The number of benzene rings is 2. The number of carboxylic acids is 1. The van der Waals surface area contributed by atoms with Gasteiger partial charge in [0.25, 0.3) is 0 Å². The van der Waals surface area contributed by atoms with Crippen molar-refractivity contribution in [3.8, 4) is 11.8 Å². The topological polar surface area (TPSA) is 73.1 Å². The van der Waals surface area contributed by atoms with E-state index in [0.29, 0.717) is 26.9 Å². The average Bonchev–Trinajstić information content (AvgIpc) is 2.52. The van der Waals surface area contributed by atoms with Crippen LogP contribution in [0.5, 0.6) is 5.75 Å². The van der Waals surface area contributed by atoms with Gasteiger partial charge in [0.15, 0.2) is 0 Å². The fourth-order valence-electron chi connectivity index (χ4n) is 1.84. The maximum absolute atomic E-state index is 12.9. The monoisotopic (exact) mass is 374 g/mol. The summed E-state index contributed by atoms with van der Waals surface area (Å²) < 4.78 is 18.5. The zero-order valence-electron chi connectivity index (χ0n) is 11.8. The molecule has 2 aromatic carbocycles. The van der Waals surface area contributed by atoms with E-state index in [9.17, 15) is 19.6 Å². The SMILES string of the molecule is N#C/C(=C/c1ccc(OCC(=O)[O-])c(Br)c1)c1ccc(F)cc1. The zero-order chi connectivity index (χ0) is 16.8. The van der Waals surface area contributed by atoms with E-state index >= 15 is 0 Å². The maximum Gasteiger partial charge on any atom is 0.134 e. The minimum Gasteiger partial charge on any atom is -0.546 e. The van der Waals surface area contributed by atoms with E-state index in [0.717, 1.165) is 0 Å².